The molecule has 1 aromatic heterocycles. The summed E-state index contributed by atoms with van der Waals surface area (Å²) in [5, 5.41) is 3.46. The topological polar surface area (TPSA) is 37.8 Å². The summed E-state index contributed by atoms with van der Waals surface area (Å²) in [6.07, 6.45) is 9.92. The van der Waals surface area contributed by atoms with E-state index in [0.717, 1.165) is 30.5 Å². The predicted octanol–water partition coefficient (Wildman–Crippen LogP) is 4.30. The molecular weight excluding hydrogens is 258 g/mol. The molecule has 0 aromatic carbocycles. The van der Waals surface area contributed by atoms with Crippen LogP contribution in [-0.2, 0) is 6.54 Å². The van der Waals surface area contributed by atoms with Gasteiger partial charge in [-0.2, -0.15) is 0 Å². The summed E-state index contributed by atoms with van der Waals surface area (Å²) in [5.41, 5.74) is 1.14. The lowest BCUT2D eigenvalue weighted by Gasteiger charge is -2.27. The van der Waals surface area contributed by atoms with Crippen molar-refractivity contribution in [1.29, 1.82) is 0 Å². The van der Waals surface area contributed by atoms with Gasteiger partial charge in [0.05, 0.1) is 5.69 Å². The van der Waals surface area contributed by atoms with Crippen molar-refractivity contribution in [2.75, 3.05) is 6.54 Å². The average molecular weight is 289 g/mol. The smallest absolute Gasteiger partial charge is 0.131 e. The van der Waals surface area contributed by atoms with Crippen LogP contribution in [0.1, 0.15) is 76.7 Å². The van der Waals surface area contributed by atoms with E-state index in [1.807, 2.05) is 12.3 Å². The standard InChI is InChI=1S/C18H31N3/c1-4-5-15-6-8-16(9-7-15)18-20-11-10-17(21-18)13-19-12-14(2)3/h10-11,14-16,19H,4-9,12-13H2,1-3H3. The minimum absolute atomic E-state index is 0.586. The molecule has 0 radical (unpaired) electrons. The first-order chi connectivity index (χ1) is 10.2. The van der Waals surface area contributed by atoms with Gasteiger partial charge in [0.1, 0.15) is 5.82 Å². The summed E-state index contributed by atoms with van der Waals surface area (Å²) in [5.74, 6) is 3.29. The fourth-order valence-corrected chi connectivity index (χ4v) is 3.31. The number of nitrogens with one attached hydrogen (secondary N) is 1. The van der Waals surface area contributed by atoms with Crippen LogP contribution in [0.5, 0.6) is 0 Å². The SMILES string of the molecule is CCCC1CCC(c2nccc(CNCC(C)C)n2)CC1. The second kappa shape index (κ2) is 8.47. The van der Waals surface area contributed by atoms with E-state index in [-0.39, 0.29) is 0 Å². The molecule has 0 unspecified atom stereocenters. The van der Waals surface area contributed by atoms with Gasteiger partial charge in [-0.25, -0.2) is 9.97 Å². The highest BCUT2D eigenvalue weighted by Gasteiger charge is 2.23. The molecule has 1 saturated carbocycles. The van der Waals surface area contributed by atoms with Gasteiger partial charge in [0.25, 0.3) is 0 Å². The molecule has 1 aliphatic carbocycles. The zero-order chi connectivity index (χ0) is 15.1. The first kappa shape index (κ1) is 16.4. The third kappa shape index (κ3) is 5.39. The molecule has 1 fully saturated rings. The average Bonchev–Trinajstić information content (AvgIpc) is 2.48. The molecule has 0 amide bonds. The van der Waals surface area contributed by atoms with E-state index in [1.54, 1.807) is 0 Å². The molecule has 1 heterocycles. The fraction of sp³-hybridized carbons (Fsp3) is 0.778. The number of aromatic nitrogens is 2. The van der Waals surface area contributed by atoms with Crippen molar-refractivity contribution >= 4 is 0 Å². The Morgan fingerprint density at radius 3 is 2.67 bits per heavy atom. The second-order valence-electron chi connectivity index (χ2n) is 6.94. The Morgan fingerprint density at radius 1 is 1.24 bits per heavy atom. The molecule has 1 aliphatic rings. The summed E-state index contributed by atoms with van der Waals surface area (Å²) in [6.45, 7) is 8.66. The van der Waals surface area contributed by atoms with Gasteiger partial charge >= 0.3 is 0 Å². The Labute approximate surface area is 130 Å². The monoisotopic (exact) mass is 289 g/mol. The van der Waals surface area contributed by atoms with Crippen molar-refractivity contribution in [2.45, 2.75) is 71.8 Å². The van der Waals surface area contributed by atoms with Crippen LogP contribution in [0.2, 0.25) is 0 Å². The van der Waals surface area contributed by atoms with E-state index >= 15 is 0 Å². The fourth-order valence-electron chi connectivity index (χ4n) is 3.31. The Hall–Kier alpha value is -0.960. The van der Waals surface area contributed by atoms with Gasteiger partial charge in [-0.05, 0) is 50.1 Å². The number of rotatable bonds is 7. The van der Waals surface area contributed by atoms with E-state index in [4.69, 9.17) is 4.98 Å². The largest absolute Gasteiger partial charge is 0.311 e. The molecule has 0 bridgehead atoms. The van der Waals surface area contributed by atoms with Gasteiger partial charge < -0.3 is 5.32 Å². The summed E-state index contributed by atoms with van der Waals surface area (Å²) in [4.78, 5) is 9.33. The lowest BCUT2D eigenvalue weighted by atomic mass is 9.80. The van der Waals surface area contributed by atoms with Gasteiger partial charge in [0.2, 0.25) is 0 Å². The molecular formula is C18H31N3. The highest BCUT2D eigenvalue weighted by molar-refractivity contribution is 5.06. The van der Waals surface area contributed by atoms with Crippen LogP contribution in [0, 0.1) is 11.8 Å². The van der Waals surface area contributed by atoms with Crippen LogP contribution >= 0.6 is 0 Å². The van der Waals surface area contributed by atoms with Crippen molar-refractivity contribution in [2.24, 2.45) is 11.8 Å². The third-order valence-electron chi connectivity index (χ3n) is 4.50. The Bertz CT molecular complexity index is 409. The lowest BCUT2D eigenvalue weighted by Crippen LogP contribution is -2.21. The Kier molecular flexibility index (Phi) is 6.62. The van der Waals surface area contributed by atoms with Crippen LogP contribution in [0.25, 0.3) is 0 Å². The maximum atomic E-state index is 4.79. The number of hydrogen-bond donors (Lipinski definition) is 1. The van der Waals surface area contributed by atoms with Gasteiger partial charge in [-0.3, -0.25) is 0 Å². The number of nitrogens with zero attached hydrogens (tertiary/aromatic N) is 2. The van der Waals surface area contributed by atoms with Crippen LogP contribution < -0.4 is 5.32 Å². The van der Waals surface area contributed by atoms with Crippen LogP contribution in [0.3, 0.4) is 0 Å². The van der Waals surface area contributed by atoms with Gasteiger partial charge in [-0.1, -0.05) is 33.6 Å². The zero-order valence-corrected chi connectivity index (χ0v) is 13.9. The van der Waals surface area contributed by atoms with Crippen molar-refractivity contribution in [3.8, 4) is 0 Å². The molecule has 3 nitrogen and oxygen atoms in total. The lowest BCUT2D eigenvalue weighted by molar-refractivity contribution is 0.302. The van der Waals surface area contributed by atoms with Crippen LogP contribution in [0.4, 0.5) is 0 Å². The predicted molar refractivity (Wildman–Crippen MR) is 88.2 cm³/mol. The van der Waals surface area contributed by atoms with E-state index in [1.165, 1.54) is 38.5 Å². The normalized spacial score (nSPS) is 22.7. The minimum Gasteiger partial charge on any atom is -0.311 e. The summed E-state index contributed by atoms with van der Waals surface area (Å²) in [7, 11) is 0. The van der Waals surface area contributed by atoms with Gasteiger partial charge in [0, 0.05) is 18.7 Å². The molecule has 21 heavy (non-hydrogen) atoms. The Balaban J connectivity index is 1.86. The maximum Gasteiger partial charge on any atom is 0.131 e. The maximum absolute atomic E-state index is 4.79. The zero-order valence-electron chi connectivity index (χ0n) is 13.9. The van der Waals surface area contributed by atoms with Crippen LogP contribution in [-0.4, -0.2) is 16.5 Å². The summed E-state index contributed by atoms with van der Waals surface area (Å²) >= 11 is 0. The molecule has 118 valence electrons. The van der Waals surface area contributed by atoms with Gasteiger partial charge in [0.15, 0.2) is 0 Å². The first-order valence-electron chi connectivity index (χ1n) is 8.71. The first-order valence-corrected chi connectivity index (χ1v) is 8.71. The van der Waals surface area contributed by atoms with E-state index < -0.39 is 0 Å². The third-order valence-corrected chi connectivity index (χ3v) is 4.50. The molecule has 1 N–H and O–H groups in total. The van der Waals surface area contributed by atoms with E-state index in [0.29, 0.717) is 11.8 Å². The molecule has 2 rings (SSSR count). The quantitative estimate of drug-likeness (QED) is 0.813. The highest BCUT2D eigenvalue weighted by atomic mass is 14.9. The summed E-state index contributed by atoms with van der Waals surface area (Å²) < 4.78 is 0. The van der Waals surface area contributed by atoms with Gasteiger partial charge in [-0.15, -0.1) is 0 Å². The van der Waals surface area contributed by atoms with Crippen molar-refractivity contribution in [3.05, 3.63) is 23.8 Å². The van der Waals surface area contributed by atoms with Crippen molar-refractivity contribution in [3.63, 3.8) is 0 Å². The Morgan fingerprint density at radius 2 is 2.00 bits per heavy atom. The molecule has 0 saturated heterocycles. The summed E-state index contributed by atoms with van der Waals surface area (Å²) in [6, 6.07) is 2.04. The molecule has 0 atom stereocenters. The molecule has 0 spiro atoms. The molecule has 3 heteroatoms. The molecule has 1 aromatic rings. The van der Waals surface area contributed by atoms with Crippen molar-refractivity contribution in [1.82, 2.24) is 15.3 Å². The van der Waals surface area contributed by atoms with E-state index in [2.05, 4.69) is 31.1 Å². The highest BCUT2D eigenvalue weighted by Crippen LogP contribution is 2.36. The number of hydrogen-bond acceptors (Lipinski definition) is 3. The van der Waals surface area contributed by atoms with E-state index in [9.17, 15) is 0 Å². The van der Waals surface area contributed by atoms with Crippen LogP contribution in [0.15, 0.2) is 12.3 Å². The molecule has 0 aliphatic heterocycles. The minimum atomic E-state index is 0.586. The second-order valence-corrected chi connectivity index (χ2v) is 6.94. The van der Waals surface area contributed by atoms with Crippen molar-refractivity contribution < 1.29 is 0 Å².